The van der Waals surface area contributed by atoms with Gasteiger partial charge in [-0.2, -0.15) is 0 Å². The van der Waals surface area contributed by atoms with E-state index in [1.54, 1.807) is 34.7 Å². The molecule has 0 spiro atoms. The summed E-state index contributed by atoms with van der Waals surface area (Å²) in [5, 5.41) is 0. The van der Waals surface area contributed by atoms with Gasteiger partial charge < -0.3 is 0 Å². The van der Waals surface area contributed by atoms with E-state index in [9.17, 15) is 4.79 Å². The largest absolute Gasteiger partial charge is 0.274 e. The molecule has 0 aliphatic rings. The first-order valence-corrected chi connectivity index (χ1v) is 7.63. The zero-order chi connectivity index (χ0) is 13.9. The molecule has 3 nitrogen and oxygen atoms in total. The molecule has 2 aromatic carbocycles. The molecular weight excluding hydrogens is 288 g/mol. The van der Waals surface area contributed by atoms with Gasteiger partial charge in [-0.3, -0.25) is 4.79 Å². The number of amides is 1. The number of hydrogen-bond donors (Lipinski definition) is 0. The number of carbonyl (C=O) groups excluding carboxylic acids is 1. The van der Waals surface area contributed by atoms with Crippen LogP contribution in [0.15, 0.2) is 52.9 Å². The van der Waals surface area contributed by atoms with Gasteiger partial charge in [0, 0.05) is 18.9 Å². The van der Waals surface area contributed by atoms with Gasteiger partial charge in [-0.15, -0.1) is 11.3 Å². The Morgan fingerprint density at radius 3 is 2.70 bits per heavy atom. The molecule has 0 unspecified atom stereocenters. The van der Waals surface area contributed by atoms with Crippen LogP contribution < -0.4 is 4.31 Å². The zero-order valence-corrected chi connectivity index (χ0v) is 12.4. The highest BCUT2D eigenvalue weighted by Gasteiger charge is 2.15. The number of nitrogens with zero attached hydrogens (tertiary/aromatic N) is 2. The Morgan fingerprint density at radius 2 is 2.00 bits per heavy atom. The minimum absolute atomic E-state index is 0.0274. The predicted molar refractivity (Wildman–Crippen MR) is 83.9 cm³/mol. The number of aromatic nitrogens is 1. The van der Waals surface area contributed by atoms with E-state index in [-0.39, 0.29) is 5.91 Å². The molecule has 0 saturated carbocycles. The fraction of sp³-hybridized carbons (Fsp3) is 0.0667. The minimum Gasteiger partial charge on any atom is -0.274 e. The van der Waals surface area contributed by atoms with E-state index < -0.39 is 0 Å². The number of benzene rings is 2. The Hall–Kier alpha value is -1.85. The highest BCUT2D eigenvalue weighted by atomic mass is 32.2. The molecule has 1 amide bonds. The van der Waals surface area contributed by atoms with Crippen LogP contribution in [0.4, 0.5) is 5.69 Å². The fourth-order valence-electron chi connectivity index (χ4n) is 1.78. The van der Waals surface area contributed by atoms with Crippen LogP contribution in [0.5, 0.6) is 0 Å². The van der Waals surface area contributed by atoms with Crippen molar-refractivity contribution in [3.05, 3.63) is 54.6 Å². The summed E-state index contributed by atoms with van der Waals surface area (Å²) < 4.78 is 3.63. The van der Waals surface area contributed by atoms with E-state index in [1.807, 2.05) is 36.4 Å². The van der Waals surface area contributed by atoms with Crippen molar-refractivity contribution in [2.45, 2.75) is 11.3 Å². The van der Waals surface area contributed by atoms with E-state index in [4.69, 9.17) is 0 Å². The zero-order valence-electron chi connectivity index (χ0n) is 10.7. The first kappa shape index (κ1) is 13.1. The number of hydrogen-bond acceptors (Lipinski definition) is 4. The summed E-state index contributed by atoms with van der Waals surface area (Å²) in [4.78, 5) is 16.4. The molecule has 0 bridgehead atoms. The Morgan fingerprint density at radius 1 is 1.25 bits per heavy atom. The molecule has 3 aromatic rings. The third-order valence-corrected chi connectivity index (χ3v) is 4.87. The second-order valence-corrected chi connectivity index (χ2v) is 6.33. The van der Waals surface area contributed by atoms with Crippen LogP contribution in [-0.4, -0.2) is 10.9 Å². The minimum atomic E-state index is -0.0274. The molecule has 0 saturated heterocycles. The average Bonchev–Trinajstić information content (AvgIpc) is 2.88. The van der Waals surface area contributed by atoms with Crippen molar-refractivity contribution in [3.63, 3.8) is 0 Å². The van der Waals surface area contributed by atoms with Crippen LogP contribution in [-0.2, 0) is 4.79 Å². The van der Waals surface area contributed by atoms with Crippen LogP contribution in [0.3, 0.4) is 0 Å². The van der Waals surface area contributed by atoms with E-state index in [1.165, 1.54) is 11.9 Å². The average molecular weight is 299 g/mol. The molecule has 0 aliphatic carbocycles. The SMILES string of the molecule is CC(=O)N(Sc1nc2ccccc2s1)c1cc[c]cc1. The van der Waals surface area contributed by atoms with Crippen molar-refractivity contribution in [1.29, 1.82) is 0 Å². The lowest BCUT2D eigenvalue weighted by Gasteiger charge is -2.17. The first-order chi connectivity index (χ1) is 9.74. The van der Waals surface area contributed by atoms with Gasteiger partial charge >= 0.3 is 0 Å². The van der Waals surface area contributed by atoms with Crippen LogP contribution in [0.2, 0.25) is 0 Å². The van der Waals surface area contributed by atoms with Crippen molar-refractivity contribution in [2.24, 2.45) is 0 Å². The maximum absolute atomic E-state index is 11.8. The molecule has 5 heteroatoms. The molecule has 99 valence electrons. The molecule has 20 heavy (non-hydrogen) atoms. The molecule has 3 rings (SSSR count). The second kappa shape index (κ2) is 5.64. The Bertz CT molecular complexity index is 707. The summed E-state index contributed by atoms with van der Waals surface area (Å²) >= 11 is 2.94. The quantitative estimate of drug-likeness (QED) is 0.681. The van der Waals surface area contributed by atoms with E-state index in [0.717, 1.165) is 20.2 Å². The second-order valence-electron chi connectivity index (χ2n) is 4.11. The monoisotopic (exact) mass is 299 g/mol. The van der Waals surface area contributed by atoms with Gasteiger partial charge in [-0.1, -0.05) is 24.3 Å². The Kier molecular flexibility index (Phi) is 3.71. The van der Waals surface area contributed by atoms with E-state index in [2.05, 4.69) is 11.1 Å². The van der Waals surface area contributed by atoms with Gasteiger partial charge in [0.05, 0.1) is 15.9 Å². The summed E-state index contributed by atoms with van der Waals surface area (Å²) in [5.41, 5.74) is 1.80. The summed E-state index contributed by atoms with van der Waals surface area (Å²) in [6.07, 6.45) is 0. The molecule has 0 aliphatic heterocycles. The lowest BCUT2D eigenvalue weighted by molar-refractivity contribution is -0.115. The standard InChI is InChI=1S/C15H11N2OS2/c1-11(18)17(12-7-3-2-4-8-12)20-15-16-13-9-5-6-10-14(13)19-15/h3-10H,1H3. The fourth-order valence-corrected chi connectivity index (χ4v) is 3.77. The number of para-hydroxylation sites is 1. The van der Waals surface area contributed by atoms with Crippen molar-refractivity contribution < 1.29 is 4.79 Å². The van der Waals surface area contributed by atoms with Gasteiger partial charge in [0.15, 0.2) is 4.34 Å². The maximum atomic E-state index is 11.8. The molecule has 0 fully saturated rings. The van der Waals surface area contributed by atoms with Gasteiger partial charge in [-0.25, -0.2) is 9.29 Å². The predicted octanol–water partition coefficient (Wildman–Crippen LogP) is 4.16. The van der Waals surface area contributed by atoms with Gasteiger partial charge in [0.2, 0.25) is 5.91 Å². The first-order valence-electron chi connectivity index (χ1n) is 6.04. The van der Waals surface area contributed by atoms with Crippen LogP contribution in [0, 0.1) is 6.07 Å². The summed E-state index contributed by atoms with van der Waals surface area (Å²) in [5.74, 6) is -0.0274. The van der Waals surface area contributed by atoms with Gasteiger partial charge in [-0.05, 0) is 30.3 Å². The highest BCUT2D eigenvalue weighted by Crippen LogP contribution is 2.34. The van der Waals surface area contributed by atoms with Gasteiger partial charge in [0.1, 0.15) is 0 Å². The maximum Gasteiger partial charge on any atom is 0.234 e. The lowest BCUT2D eigenvalue weighted by Crippen LogP contribution is -2.19. The summed E-state index contributed by atoms with van der Waals surface area (Å²) in [6, 6.07) is 18.2. The van der Waals surface area contributed by atoms with E-state index >= 15 is 0 Å². The smallest absolute Gasteiger partial charge is 0.234 e. The molecule has 1 radical (unpaired) electrons. The molecular formula is C15H11N2OS2. The molecule has 0 N–H and O–H groups in total. The number of rotatable bonds is 3. The normalized spacial score (nSPS) is 10.7. The van der Waals surface area contributed by atoms with Crippen LogP contribution in [0.25, 0.3) is 10.2 Å². The summed E-state index contributed by atoms with van der Waals surface area (Å²) in [6.45, 7) is 1.55. The molecule has 1 heterocycles. The highest BCUT2D eigenvalue weighted by molar-refractivity contribution is 8.03. The third-order valence-electron chi connectivity index (χ3n) is 2.66. The van der Waals surface area contributed by atoms with Crippen LogP contribution >= 0.6 is 23.3 Å². The van der Waals surface area contributed by atoms with E-state index in [0.29, 0.717) is 0 Å². The number of anilines is 1. The third kappa shape index (κ3) is 2.69. The molecule has 0 atom stereocenters. The Balaban J connectivity index is 1.92. The van der Waals surface area contributed by atoms with Crippen molar-refractivity contribution >= 4 is 45.1 Å². The number of carbonyl (C=O) groups is 1. The van der Waals surface area contributed by atoms with Gasteiger partial charge in [0.25, 0.3) is 0 Å². The number of fused-ring (bicyclic) bond motifs is 1. The number of thiazole rings is 1. The van der Waals surface area contributed by atoms with Crippen molar-refractivity contribution in [1.82, 2.24) is 4.98 Å². The van der Waals surface area contributed by atoms with Crippen molar-refractivity contribution in [2.75, 3.05) is 4.31 Å². The van der Waals surface area contributed by atoms with Crippen molar-refractivity contribution in [3.8, 4) is 0 Å². The molecule has 1 aromatic heterocycles. The topological polar surface area (TPSA) is 33.2 Å². The lowest BCUT2D eigenvalue weighted by atomic mass is 10.3. The summed E-state index contributed by atoms with van der Waals surface area (Å²) in [7, 11) is 0. The van der Waals surface area contributed by atoms with Crippen LogP contribution in [0.1, 0.15) is 6.92 Å². The Labute approximate surface area is 125 Å².